The fourth-order valence-electron chi connectivity index (χ4n) is 2.49. The summed E-state index contributed by atoms with van der Waals surface area (Å²) in [6.45, 7) is 3.94. The zero-order valence-electron chi connectivity index (χ0n) is 11.3. The van der Waals surface area contributed by atoms with Gasteiger partial charge in [-0.15, -0.1) is 5.10 Å². The number of rotatable bonds is 1. The quantitative estimate of drug-likeness (QED) is 0.828. The van der Waals surface area contributed by atoms with E-state index < -0.39 is 0 Å². The number of aromatic nitrogens is 2. The van der Waals surface area contributed by atoms with E-state index in [2.05, 4.69) is 16.3 Å². The molecule has 3 rings (SSSR count). The molecule has 20 heavy (non-hydrogen) atoms. The van der Waals surface area contributed by atoms with Crippen LogP contribution < -0.4 is 10.5 Å². The lowest BCUT2D eigenvalue weighted by Crippen LogP contribution is -2.21. The largest absolute Gasteiger partial charge is 0.420 e. The summed E-state index contributed by atoms with van der Waals surface area (Å²) in [6, 6.07) is 10.2. The molecule has 5 heteroatoms. The minimum atomic E-state index is -0.233. The topological polar surface area (TPSA) is 87.7 Å². The van der Waals surface area contributed by atoms with Crippen LogP contribution in [0.1, 0.15) is 28.3 Å². The van der Waals surface area contributed by atoms with Crippen LogP contribution in [0.3, 0.4) is 0 Å². The molecular formula is C15H14N4O. The summed E-state index contributed by atoms with van der Waals surface area (Å²) in [7, 11) is 0. The van der Waals surface area contributed by atoms with E-state index in [-0.39, 0.29) is 11.8 Å². The van der Waals surface area contributed by atoms with Gasteiger partial charge in [-0.05, 0) is 19.4 Å². The number of nitrogens with one attached hydrogen (secondary N) is 1. The normalized spacial score (nSPS) is 17.4. The van der Waals surface area contributed by atoms with Gasteiger partial charge in [-0.25, -0.2) is 0 Å². The number of nitrogens with zero attached hydrogens (tertiary/aromatic N) is 2. The van der Waals surface area contributed by atoms with Crippen molar-refractivity contribution in [2.75, 3.05) is 0 Å². The lowest BCUT2D eigenvalue weighted by atomic mass is 9.84. The molecule has 0 radical (unpaired) electrons. The number of nitriles is 1. The maximum absolute atomic E-state index is 9.40. The number of ether oxygens (including phenoxy) is 1. The first-order valence-corrected chi connectivity index (χ1v) is 6.31. The van der Waals surface area contributed by atoms with Gasteiger partial charge in [-0.3, -0.25) is 5.10 Å². The van der Waals surface area contributed by atoms with Crippen LogP contribution in [-0.4, -0.2) is 10.2 Å². The first kappa shape index (κ1) is 12.3. The highest BCUT2D eigenvalue weighted by molar-refractivity contribution is 5.54. The van der Waals surface area contributed by atoms with Gasteiger partial charge in [-0.1, -0.05) is 29.8 Å². The third kappa shape index (κ3) is 1.74. The summed E-state index contributed by atoms with van der Waals surface area (Å²) < 4.78 is 5.42. The Hall–Kier alpha value is -2.74. The number of allylic oxidation sites excluding steroid dienone is 1. The smallest absolute Gasteiger partial charge is 0.244 e. The van der Waals surface area contributed by atoms with E-state index >= 15 is 0 Å². The fraction of sp³-hybridized carbons (Fsp3) is 0.200. The maximum atomic E-state index is 9.40. The van der Waals surface area contributed by atoms with E-state index in [9.17, 15) is 5.26 Å². The third-order valence-corrected chi connectivity index (χ3v) is 3.54. The molecule has 0 spiro atoms. The second-order valence-corrected chi connectivity index (χ2v) is 4.90. The predicted molar refractivity (Wildman–Crippen MR) is 73.8 cm³/mol. The standard InChI is InChI=1S/C15H14N4O/c1-8-3-5-10(6-4-8)13-11(7-16)14(17)20-15-12(13)9(2)18-19-15/h3-6,13H,17H2,1-2H3,(H,18,19)/t13-/m0/s1. The molecule has 1 aliphatic rings. The van der Waals surface area contributed by atoms with Crippen LogP contribution >= 0.6 is 0 Å². The molecule has 2 aromatic rings. The molecule has 2 heterocycles. The molecule has 1 aromatic heterocycles. The van der Waals surface area contributed by atoms with Crippen molar-refractivity contribution in [2.45, 2.75) is 19.8 Å². The van der Waals surface area contributed by atoms with Crippen molar-refractivity contribution in [3.8, 4) is 11.9 Å². The molecule has 0 saturated heterocycles. The molecule has 0 saturated carbocycles. The maximum Gasteiger partial charge on any atom is 0.244 e. The molecule has 0 amide bonds. The Morgan fingerprint density at radius 1 is 1.30 bits per heavy atom. The summed E-state index contributed by atoms with van der Waals surface area (Å²) in [4.78, 5) is 0. The number of aromatic amines is 1. The van der Waals surface area contributed by atoms with Crippen molar-refractivity contribution in [3.63, 3.8) is 0 Å². The number of benzene rings is 1. The van der Waals surface area contributed by atoms with Crippen molar-refractivity contribution in [1.82, 2.24) is 10.2 Å². The third-order valence-electron chi connectivity index (χ3n) is 3.54. The van der Waals surface area contributed by atoms with E-state index in [1.807, 2.05) is 38.1 Å². The average Bonchev–Trinajstić information content (AvgIpc) is 2.79. The second-order valence-electron chi connectivity index (χ2n) is 4.90. The number of aryl methyl sites for hydroxylation is 2. The Bertz CT molecular complexity index is 734. The first-order chi connectivity index (χ1) is 9.61. The average molecular weight is 266 g/mol. The van der Waals surface area contributed by atoms with Crippen LogP contribution in [0.2, 0.25) is 0 Å². The summed E-state index contributed by atoms with van der Waals surface area (Å²) in [6.07, 6.45) is 0. The Balaban J connectivity index is 2.22. The highest BCUT2D eigenvalue weighted by atomic mass is 16.5. The molecular weight excluding hydrogens is 252 g/mol. The predicted octanol–water partition coefficient (Wildman–Crippen LogP) is 2.24. The minimum absolute atomic E-state index is 0.122. The molecule has 1 atom stereocenters. The fourth-order valence-corrected chi connectivity index (χ4v) is 2.49. The van der Waals surface area contributed by atoms with Gasteiger partial charge in [0.25, 0.3) is 0 Å². The van der Waals surface area contributed by atoms with Gasteiger partial charge in [0.15, 0.2) is 0 Å². The van der Waals surface area contributed by atoms with Crippen LogP contribution in [0.4, 0.5) is 0 Å². The van der Waals surface area contributed by atoms with E-state index in [1.165, 1.54) is 5.56 Å². The lowest BCUT2D eigenvalue weighted by molar-refractivity contribution is 0.379. The zero-order chi connectivity index (χ0) is 14.3. The zero-order valence-corrected chi connectivity index (χ0v) is 11.3. The monoisotopic (exact) mass is 266 g/mol. The lowest BCUT2D eigenvalue weighted by Gasteiger charge is -2.23. The van der Waals surface area contributed by atoms with E-state index in [4.69, 9.17) is 10.5 Å². The highest BCUT2D eigenvalue weighted by Gasteiger charge is 2.33. The van der Waals surface area contributed by atoms with E-state index in [1.54, 1.807) is 0 Å². The van der Waals surface area contributed by atoms with Gasteiger partial charge < -0.3 is 10.5 Å². The molecule has 0 aliphatic carbocycles. The van der Waals surface area contributed by atoms with Crippen molar-refractivity contribution in [3.05, 3.63) is 58.1 Å². The highest BCUT2D eigenvalue weighted by Crippen LogP contribution is 2.42. The summed E-state index contributed by atoms with van der Waals surface area (Å²) >= 11 is 0. The van der Waals surface area contributed by atoms with Crippen LogP contribution in [0, 0.1) is 25.2 Å². The molecule has 3 N–H and O–H groups in total. The van der Waals surface area contributed by atoms with Crippen LogP contribution in [0.15, 0.2) is 35.7 Å². The van der Waals surface area contributed by atoms with Crippen molar-refractivity contribution in [2.24, 2.45) is 5.73 Å². The Kier molecular flexibility index (Phi) is 2.72. The van der Waals surface area contributed by atoms with Crippen LogP contribution in [0.25, 0.3) is 0 Å². The number of fused-ring (bicyclic) bond motifs is 1. The summed E-state index contributed by atoms with van der Waals surface area (Å²) in [5.41, 5.74) is 10.2. The minimum Gasteiger partial charge on any atom is -0.420 e. The Labute approximate surface area is 116 Å². The number of nitrogens with two attached hydrogens (primary N) is 1. The molecule has 0 fully saturated rings. The number of H-pyrrole nitrogens is 1. The first-order valence-electron chi connectivity index (χ1n) is 6.31. The van der Waals surface area contributed by atoms with Gasteiger partial charge in [0.05, 0.1) is 5.92 Å². The number of hydrogen-bond donors (Lipinski definition) is 2. The molecule has 1 aromatic carbocycles. The number of hydrogen-bond acceptors (Lipinski definition) is 4. The van der Waals surface area contributed by atoms with Gasteiger partial charge in [-0.2, -0.15) is 5.26 Å². The van der Waals surface area contributed by atoms with Gasteiger partial charge in [0.1, 0.15) is 11.6 Å². The Morgan fingerprint density at radius 2 is 2.00 bits per heavy atom. The molecule has 5 nitrogen and oxygen atoms in total. The Morgan fingerprint density at radius 3 is 2.65 bits per heavy atom. The van der Waals surface area contributed by atoms with Gasteiger partial charge in [0, 0.05) is 11.3 Å². The van der Waals surface area contributed by atoms with Crippen molar-refractivity contribution >= 4 is 0 Å². The van der Waals surface area contributed by atoms with Gasteiger partial charge >= 0.3 is 0 Å². The molecule has 0 bridgehead atoms. The SMILES string of the molecule is Cc1ccc([C@H]2C(C#N)=C(N)Oc3n[nH]c(C)c32)cc1. The summed E-state index contributed by atoms with van der Waals surface area (Å²) in [5.74, 6) is 0.338. The van der Waals surface area contributed by atoms with E-state index in [0.717, 1.165) is 16.8 Å². The molecule has 100 valence electrons. The molecule has 1 aliphatic heterocycles. The van der Waals surface area contributed by atoms with Crippen LogP contribution in [-0.2, 0) is 0 Å². The molecule has 0 unspecified atom stereocenters. The van der Waals surface area contributed by atoms with Crippen molar-refractivity contribution < 1.29 is 4.74 Å². The van der Waals surface area contributed by atoms with Crippen LogP contribution in [0.5, 0.6) is 5.88 Å². The van der Waals surface area contributed by atoms with E-state index in [0.29, 0.717) is 11.5 Å². The second kappa shape index (κ2) is 4.42. The van der Waals surface area contributed by atoms with Gasteiger partial charge in [0.2, 0.25) is 11.8 Å². The van der Waals surface area contributed by atoms with Crippen molar-refractivity contribution in [1.29, 1.82) is 5.26 Å². The summed E-state index contributed by atoms with van der Waals surface area (Å²) in [5, 5.41) is 16.4.